The average molecular weight is 207 g/mol. The Kier molecular flexibility index (Phi) is 2.17. The molecule has 2 aromatic heterocycles. The van der Waals surface area contributed by atoms with E-state index in [-0.39, 0.29) is 5.78 Å². The van der Waals surface area contributed by atoms with E-state index in [0.717, 1.165) is 11.5 Å². The van der Waals surface area contributed by atoms with E-state index in [1.807, 2.05) is 18.5 Å². The van der Waals surface area contributed by atoms with Crippen molar-refractivity contribution in [3.63, 3.8) is 0 Å². The van der Waals surface area contributed by atoms with Crippen molar-refractivity contribution in [3.8, 4) is 5.82 Å². The third kappa shape index (κ3) is 1.58. The second kappa shape index (κ2) is 3.34. The molecule has 0 aliphatic rings. The third-order valence-electron chi connectivity index (χ3n) is 1.77. The fourth-order valence-electron chi connectivity index (χ4n) is 1.09. The molecule has 0 amide bonds. The van der Waals surface area contributed by atoms with E-state index < -0.39 is 0 Å². The summed E-state index contributed by atoms with van der Waals surface area (Å²) in [5, 5.41) is 2.38. The highest BCUT2D eigenvalue weighted by molar-refractivity contribution is 7.11. The van der Waals surface area contributed by atoms with E-state index in [1.54, 1.807) is 10.9 Å². The van der Waals surface area contributed by atoms with Gasteiger partial charge in [-0.3, -0.25) is 9.36 Å². The van der Waals surface area contributed by atoms with Crippen molar-refractivity contribution in [2.75, 3.05) is 0 Å². The summed E-state index contributed by atoms with van der Waals surface area (Å²) in [7, 11) is 0. The van der Waals surface area contributed by atoms with Crippen LogP contribution in [0, 0.1) is 6.92 Å². The molecule has 0 saturated carbocycles. The number of rotatable bonds is 2. The highest BCUT2D eigenvalue weighted by Crippen LogP contribution is 2.14. The number of thiazole rings is 1. The van der Waals surface area contributed by atoms with Crippen molar-refractivity contribution in [3.05, 3.63) is 28.6 Å². The molecule has 0 aliphatic carbocycles. The predicted octanol–water partition coefficient (Wildman–Crippen LogP) is 1.84. The van der Waals surface area contributed by atoms with Gasteiger partial charge >= 0.3 is 0 Å². The molecule has 0 aliphatic heterocycles. The second-order valence-corrected chi connectivity index (χ2v) is 3.85. The highest BCUT2D eigenvalue weighted by atomic mass is 32.1. The van der Waals surface area contributed by atoms with Gasteiger partial charge in [0.15, 0.2) is 10.8 Å². The first-order valence-corrected chi connectivity index (χ1v) is 5.02. The van der Waals surface area contributed by atoms with Gasteiger partial charge < -0.3 is 0 Å². The molecule has 2 rings (SSSR count). The van der Waals surface area contributed by atoms with Crippen LogP contribution >= 0.6 is 11.3 Å². The van der Waals surface area contributed by atoms with Crippen molar-refractivity contribution >= 4 is 17.1 Å². The number of hydrogen-bond acceptors (Lipinski definition) is 4. The van der Waals surface area contributed by atoms with Crippen molar-refractivity contribution in [1.82, 2.24) is 14.5 Å². The van der Waals surface area contributed by atoms with Crippen molar-refractivity contribution < 1.29 is 4.79 Å². The average Bonchev–Trinajstić information content (AvgIpc) is 2.70. The smallest absolute Gasteiger partial charge is 0.188 e. The summed E-state index contributed by atoms with van der Waals surface area (Å²) in [6.07, 6.45) is 3.56. The topological polar surface area (TPSA) is 47.8 Å². The van der Waals surface area contributed by atoms with Crippen LogP contribution in [0.15, 0.2) is 17.9 Å². The lowest BCUT2D eigenvalue weighted by Gasteiger charge is -1.92. The van der Waals surface area contributed by atoms with E-state index in [1.165, 1.54) is 18.3 Å². The van der Waals surface area contributed by atoms with Crippen molar-refractivity contribution in [2.45, 2.75) is 13.8 Å². The van der Waals surface area contributed by atoms with Crippen LogP contribution in [-0.4, -0.2) is 20.3 Å². The first kappa shape index (κ1) is 9.08. The molecule has 0 atom stereocenters. The molecule has 0 radical (unpaired) electrons. The standard InChI is InChI=1S/C9H9N3OS/c1-6-3-12(5-10-6)8-4-14-9(11-8)7(2)13/h3-5H,1-2H3. The first-order chi connectivity index (χ1) is 6.66. The number of imidazole rings is 1. The lowest BCUT2D eigenvalue weighted by Crippen LogP contribution is -1.94. The summed E-state index contributed by atoms with van der Waals surface area (Å²) in [6, 6.07) is 0. The van der Waals surface area contributed by atoms with Crippen LogP contribution in [0.25, 0.3) is 5.82 Å². The summed E-state index contributed by atoms with van der Waals surface area (Å²) in [5.41, 5.74) is 0.933. The molecule has 2 heterocycles. The quantitative estimate of drug-likeness (QED) is 0.706. The zero-order chi connectivity index (χ0) is 10.1. The fourth-order valence-corrected chi connectivity index (χ4v) is 1.80. The van der Waals surface area contributed by atoms with Crippen LogP contribution in [-0.2, 0) is 0 Å². The fraction of sp³-hybridized carbons (Fsp3) is 0.222. The maximum atomic E-state index is 11.0. The number of ketones is 1. The number of aromatic nitrogens is 3. The maximum absolute atomic E-state index is 11.0. The molecular weight excluding hydrogens is 198 g/mol. The molecule has 0 saturated heterocycles. The first-order valence-electron chi connectivity index (χ1n) is 4.14. The SMILES string of the molecule is CC(=O)c1nc(-n2cnc(C)c2)cs1. The largest absolute Gasteiger partial charge is 0.292 e. The number of hydrogen-bond donors (Lipinski definition) is 0. The molecule has 0 fully saturated rings. The molecule has 14 heavy (non-hydrogen) atoms. The summed E-state index contributed by atoms with van der Waals surface area (Å²) >= 11 is 1.35. The monoisotopic (exact) mass is 207 g/mol. The van der Waals surface area contributed by atoms with Gasteiger partial charge in [-0.1, -0.05) is 0 Å². The van der Waals surface area contributed by atoms with Crippen LogP contribution in [0.1, 0.15) is 22.4 Å². The number of carbonyl (C=O) groups is 1. The highest BCUT2D eigenvalue weighted by Gasteiger charge is 2.07. The van der Waals surface area contributed by atoms with Gasteiger partial charge in [0.05, 0.1) is 5.69 Å². The van der Waals surface area contributed by atoms with Crippen molar-refractivity contribution in [2.24, 2.45) is 0 Å². The Labute approximate surface area is 85.2 Å². The molecule has 0 N–H and O–H groups in total. The van der Waals surface area contributed by atoms with Crippen LogP contribution in [0.2, 0.25) is 0 Å². The van der Waals surface area contributed by atoms with Gasteiger partial charge in [-0.05, 0) is 6.92 Å². The van der Waals surface area contributed by atoms with E-state index in [4.69, 9.17) is 0 Å². The molecule has 4 nitrogen and oxygen atoms in total. The molecule has 2 aromatic rings. The minimum atomic E-state index is -0.00177. The Morgan fingerprint density at radius 2 is 2.36 bits per heavy atom. The van der Waals surface area contributed by atoms with Crippen LogP contribution in [0.5, 0.6) is 0 Å². The lowest BCUT2D eigenvalue weighted by molar-refractivity contribution is 0.101. The minimum absolute atomic E-state index is 0.00177. The van der Waals surface area contributed by atoms with Gasteiger partial charge in [-0.25, -0.2) is 9.97 Å². The molecule has 0 spiro atoms. The number of carbonyl (C=O) groups excluding carboxylic acids is 1. The number of nitrogens with zero attached hydrogens (tertiary/aromatic N) is 3. The maximum Gasteiger partial charge on any atom is 0.188 e. The number of Topliss-reactive ketones (excluding diaryl/α,β-unsaturated/α-hetero) is 1. The van der Waals surface area contributed by atoms with Crippen molar-refractivity contribution in [1.29, 1.82) is 0 Å². The van der Waals surface area contributed by atoms with Crippen LogP contribution in [0.3, 0.4) is 0 Å². The summed E-state index contributed by atoms with van der Waals surface area (Å²) in [6.45, 7) is 3.43. The zero-order valence-corrected chi connectivity index (χ0v) is 8.71. The predicted molar refractivity (Wildman–Crippen MR) is 54.0 cm³/mol. The van der Waals surface area contributed by atoms with Crippen LogP contribution in [0.4, 0.5) is 0 Å². The second-order valence-electron chi connectivity index (χ2n) is 2.99. The molecule has 72 valence electrons. The lowest BCUT2D eigenvalue weighted by atomic mass is 10.5. The van der Waals surface area contributed by atoms with E-state index in [2.05, 4.69) is 9.97 Å². The Balaban J connectivity index is 2.38. The van der Waals surface area contributed by atoms with Gasteiger partial charge in [-0.15, -0.1) is 11.3 Å². The summed E-state index contributed by atoms with van der Waals surface area (Å²) < 4.78 is 1.80. The van der Waals surface area contributed by atoms with E-state index >= 15 is 0 Å². The summed E-state index contributed by atoms with van der Waals surface area (Å²) in [5.74, 6) is 0.749. The Hall–Kier alpha value is -1.49. The van der Waals surface area contributed by atoms with Gasteiger partial charge in [-0.2, -0.15) is 0 Å². The van der Waals surface area contributed by atoms with Gasteiger partial charge in [0.2, 0.25) is 0 Å². The Bertz CT molecular complexity index is 472. The normalized spacial score (nSPS) is 10.4. The van der Waals surface area contributed by atoms with Crippen LogP contribution < -0.4 is 0 Å². The summed E-state index contributed by atoms with van der Waals surface area (Å²) in [4.78, 5) is 19.3. The van der Waals surface area contributed by atoms with E-state index in [9.17, 15) is 4.79 Å². The molecule has 5 heteroatoms. The van der Waals surface area contributed by atoms with Gasteiger partial charge in [0.1, 0.15) is 12.1 Å². The van der Waals surface area contributed by atoms with E-state index in [0.29, 0.717) is 5.01 Å². The third-order valence-corrected chi connectivity index (χ3v) is 2.70. The number of aryl methyl sites for hydroxylation is 1. The zero-order valence-electron chi connectivity index (χ0n) is 7.89. The molecule has 0 bridgehead atoms. The molecule has 0 unspecified atom stereocenters. The minimum Gasteiger partial charge on any atom is -0.292 e. The van der Waals surface area contributed by atoms with Gasteiger partial charge in [0.25, 0.3) is 0 Å². The van der Waals surface area contributed by atoms with Gasteiger partial charge in [0, 0.05) is 18.5 Å². The Morgan fingerprint density at radius 1 is 1.57 bits per heavy atom. The molecule has 0 aromatic carbocycles. The molecular formula is C9H9N3OS. The Morgan fingerprint density at radius 3 is 2.86 bits per heavy atom.